The summed E-state index contributed by atoms with van der Waals surface area (Å²) in [5.41, 5.74) is 0.668. The zero-order chi connectivity index (χ0) is 17.3. The summed E-state index contributed by atoms with van der Waals surface area (Å²) < 4.78 is 1.55. The highest BCUT2D eigenvalue weighted by Crippen LogP contribution is 2.40. The van der Waals surface area contributed by atoms with Crippen LogP contribution in [0.15, 0.2) is 18.2 Å². The summed E-state index contributed by atoms with van der Waals surface area (Å²) in [5, 5.41) is 0. The Labute approximate surface area is 163 Å². The molecule has 1 aromatic heterocycles. The SMILES string of the molecule is CC=[O+][C-]1C=CC(c2nc(C(Cl)(Cl)Cl)nc(C(Cl)(Cl)Cl)n2)=CC1. The molecule has 1 aliphatic rings. The second-order valence-corrected chi connectivity index (χ2v) is 8.88. The van der Waals surface area contributed by atoms with Crippen LogP contribution in [0.4, 0.5) is 0 Å². The highest BCUT2D eigenvalue weighted by Gasteiger charge is 2.34. The molecule has 0 fully saturated rings. The Morgan fingerprint density at radius 2 is 1.61 bits per heavy atom. The van der Waals surface area contributed by atoms with Gasteiger partial charge in [-0.15, -0.1) is 6.08 Å². The lowest BCUT2D eigenvalue weighted by molar-refractivity contribution is -0.428. The minimum atomic E-state index is -1.88. The van der Waals surface area contributed by atoms with Crippen molar-refractivity contribution in [3.8, 4) is 0 Å². The largest absolute Gasteiger partial charge is 0.340 e. The van der Waals surface area contributed by atoms with Crippen LogP contribution in [0.1, 0.15) is 30.8 Å². The summed E-state index contributed by atoms with van der Waals surface area (Å²) >= 11 is 35.0. The highest BCUT2D eigenvalue weighted by atomic mass is 35.6. The van der Waals surface area contributed by atoms with Crippen molar-refractivity contribution in [3.05, 3.63) is 41.8 Å². The first-order chi connectivity index (χ1) is 10.6. The molecule has 1 aliphatic carbocycles. The third-order valence-electron chi connectivity index (χ3n) is 2.64. The monoisotopic (exact) mass is 433 g/mol. The molecule has 0 amide bonds. The van der Waals surface area contributed by atoms with Gasteiger partial charge in [-0.25, -0.2) is 15.0 Å². The first-order valence-corrected chi connectivity index (χ1v) is 8.47. The van der Waals surface area contributed by atoms with E-state index in [1.165, 1.54) is 0 Å². The highest BCUT2D eigenvalue weighted by molar-refractivity contribution is 6.67. The van der Waals surface area contributed by atoms with Gasteiger partial charge in [0.15, 0.2) is 23.8 Å². The van der Waals surface area contributed by atoms with Gasteiger partial charge in [0.25, 0.3) is 0 Å². The zero-order valence-electron chi connectivity index (χ0n) is 11.5. The summed E-state index contributed by atoms with van der Waals surface area (Å²) in [7, 11) is 0. The van der Waals surface area contributed by atoms with Crippen LogP contribution in [0.3, 0.4) is 0 Å². The minimum absolute atomic E-state index is 0.129. The first kappa shape index (κ1) is 19.1. The Morgan fingerprint density at radius 3 is 2.00 bits per heavy atom. The molecule has 0 aliphatic heterocycles. The molecule has 1 heterocycles. The van der Waals surface area contributed by atoms with E-state index < -0.39 is 7.59 Å². The van der Waals surface area contributed by atoms with Gasteiger partial charge in [0, 0.05) is 6.42 Å². The Kier molecular flexibility index (Phi) is 6.10. The number of aromatic nitrogens is 3. The molecular formula is C13H9Cl6N3O. The minimum Gasteiger partial charge on any atom is -0.340 e. The van der Waals surface area contributed by atoms with Gasteiger partial charge in [-0.3, -0.25) is 0 Å². The third kappa shape index (κ3) is 5.12. The van der Waals surface area contributed by atoms with Gasteiger partial charge >= 0.3 is 0 Å². The summed E-state index contributed by atoms with van der Waals surface area (Å²) in [4.78, 5) is 12.2. The van der Waals surface area contributed by atoms with E-state index in [-0.39, 0.29) is 17.5 Å². The van der Waals surface area contributed by atoms with Crippen molar-refractivity contribution < 1.29 is 4.42 Å². The molecule has 124 valence electrons. The van der Waals surface area contributed by atoms with Crippen molar-refractivity contribution in [2.45, 2.75) is 20.9 Å². The van der Waals surface area contributed by atoms with Crippen LogP contribution in [0.25, 0.3) is 5.57 Å². The lowest BCUT2D eigenvalue weighted by Crippen LogP contribution is -2.18. The number of hydrogen-bond donors (Lipinski definition) is 0. The van der Waals surface area contributed by atoms with Crippen molar-refractivity contribution in [2.24, 2.45) is 0 Å². The van der Waals surface area contributed by atoms with Gasteiger partial charge in [-0.1, -0.05) is 81.8 Å². The Hall–Kier alpha value is -0.230. The lowest BCUT2D eigenvalue weighted by atomic mass is 10.0. The molecule has 0 radical (unpaired) electrons. The Morgan fingerprint density at radius 1 is 1.04 bits per heavy atom. The Bertz CT molecular complexity index is 643. The van der Waals surface area contributed by atoms with E-state index in [1.807, 2.05) is 6.08 Å². The van der Waals surface area contributed by atoms with Crippen molar-refractivity contribution in [1.82, 2.24) is 15.0 Å². The smallest absolute Gasteiger partial charge is 0.250 e. The maximum atomic E-state index is 5.84. The van der Waals surface area contributed by atoms with Crippen LogP contribution in [0.2, 0.25) is 0 Å². The third-order valence-corrected chi connectivity index (χ3v) is 3.66. The fourth-order valence-electron chi connectivity index (χ4n) is 1.69. The van der Waals surface area contributed by atoms with E-state index in [9.17, 15) is 0 Å². The maximum absolute atomic E-state index is 5.84. The van der Waals surface area contributed by atoms with Gasteiger partial charge in [0.1, 0.15) is 0 Å². The molecule has 0 N–H and O–H groups in total. The number of allylic oxidation sites excluding steroid dienone is 2. The molecule has 0 bridgehead atoms. The number of carbonyl (C=O) groups excluding carboxylic acids is 1. The van der Waals surface area contributed by atoms with Gasteiger partial charge in [0.2, 0.25) is 13.7 Å². The number of aldehydes is 1. The van der Waals surface area contributed by atoms with E-state index in [2.05, 4.69) is 15.0 Å². The average Bonchev–Trinajstić information content (AvgIpc) is 2.46. The fourth-order valence-corrected chi connectivity index (χ4v) is 2.20. The molecular weight excluding hydrogens is 427 g/mol. The van der Waals surface area contributed by atoms with Crippen LogP contribution in [-0.2, 0) is 12.0 Å². The van der Waals surface area contributed by atoms with Crippen LogP contribution >= 0.6 is 69.6 Å². The molecule has 0 spiro atoms. The van der Waals surface area contributed by atoms with E-state index in [1.54, 1.807) is 25.4 Å². The van der Waals surface area contributed by atoms with E-state index in [0.29, 0.717) is 12.0 Å². The normalized spacial score (nSPS) is 16.1. The molecule has 0 unspecified atom stereocenters. The molecule has 0 atom stereocenters. The second-order valence-electron chi connectivity index (χ2n) is 4.32. The summed E-state index contributed by atoms with van der Waals surface area (Å²) in [6.45, 7) is 1.78. The second kappa shape index (κ2) is 7.34. The molecule has 23 heavy (non-hydrogen) atoms. The fraction of sp³-hybridized carbons (Fsp3) is 0.308. The number of alkyl halides is 6. The van der Waals surface area contributed by atoms with E-state index in [4.69, 9.17) is 74.0 Å². The molecule has 4 nitrogen and oxygen atoms in total. The van der Waals surface area contributed by atoms with Gasteiger partial charge in [-0.2, -0.15) is 0 Å². The van der Waals surface area contributed by atoms with Gasteiger partial charge in [0.05, 0.1) is 0 Å². The van der Waals surface area contributed by atoms with Gasteiger partial charge in [-0.05, 0) is 12.5 Å². The van der Waals surface area contributed by atoms with E-state index in [0.717, 1.165) is 6.10 Å². The van der Waals surface area contributed by atoms with Crippen molar-refractivity contribution in [2.75, 3.05) is 0 Å². The van der Waals surface area contributed by atoms with Crippen molar-refractivity contribution in [1.29, 1.82) is 0 Å². The average molecular weight is 436 g/mol. The molecule has 0 saturated heterocycles. The predicted molar refractivity (Wildman–Crippen MR) is 95.0 cm³/mol. The lowest BCUT2D eigenvalue weighted by Gasteiger charge is -2.17. The molecule has 0 saturated carbocycles. The van der Waals surface area contributed by atoms with Crippen molar-refractivity contribution >= 4 is 81.5 Å². The van der Waals surface area contributed by atoms with Crippen LogP contribution in [0.5, 0.6) is 0 Å². The van der Waals surface area contributed by atoms with Crippen LogP contribution in [-0.4, -0.2) is 21.2 Å². The summed E-state index contributed by atoms with van der Waals surface area (Å²) in [5.74, 6) is -0.0227. The van der Waals surface area contributed by atoms with Crippen LogP contribution < -0.4 is 0 Å². The number of halogens is 6. The molecule has 0 aromatic carbocycles. The standard InChI is InChI=1S/C13H9Cl6N3O/c1-2-23-8-5-3-7(4-6-8)9-20-10(12(14,15)16)22-11(21-9)13(17,18)19/h2-5H,6H2,1H3. The van der Waals surface area contributed by atoms with Gasteiger partial charge < -0.3 is 4.42 Å². The maximum Gasteiger partial charge on any atom is 0.250 e. The van der Waals surface area contributed by atoms with Crippen molar-refractivity contribution in [3.63, 3.8) is 0 Å². The predicted octanol–water partition coefficient (Wildman–Crippen LogP) is 5.15. The summed E-state index contributed by atoms with van der Waals surface area (Å²) in [6.07, 6.45) is 8.29. The molecule has 1 aromatic rings. The number of rotatable bonds is 2. The molecule has 10 heteroatoms. The first-order valence-electron chi connectivity index (χ1n) is 6.20. The summed E-state index contributed by atoms with van der Waals surface area (Å²) in [6, 6.07) is 0. The molecule has 2 rings (SSSR count). The Balaban J connectivity index is 2.45. The number of hydrogen-bond acceptors (Lipinski definition) is 3. The number of nitrogens with zero attached hydrogens (tertiary/aromatic N) is 3. The quantitative estimate of drug-likeness (QED) is 0.279. The van der Waals surface area contributed by atoms with Crippen LogP contribution in [0, 0.1) is 6.10 Å². The zero-order valence-corrected chi connectivity index (χ0v) is 16.1. The van der Waals surface area contributed by atoms with E-state index >= 15 is 0 Å². The topological polar surface area (TPSA) is 50.0 Å².